The summed E-state index contributed by atoms with van der Waals surface area (Å²) in [4.78, 5) is 23.1. The number of carbonyl (C=O) groups excluding carboxylic acids is 2. The molecular formula is C8H11NO4. The minimum atomic E-state index is -0.500. The second kappa shape index (κ2) is 3.93. The van der Waals surface area contributed by atoms with Gasteiger partial charge in [-0.15, -0.1) is 0 Å². The van der Waals surface area contributed by atoms with Crippen LogP contribution in [0.4, 0.5) is 4.79 Å². The summed E-state index contributed by atoms with van der Waals surface area (Å²) in [6, 6.07) is 0. The predicted molar refractivity (Wildman–Crippen MR) is 43.8 cm³/mol. The highest BCUT2D eigenvalue weighted by Gasteiger charge is 2.22. The number of rotatable bonds is 3. The first-order valence-electron chi connectivity index (χ1n) is 3.85. The monoisotopic (exact) mass is 185 g/mol. The van der Waals surface area contributed by atoms with E-state index in [2.05, 4.69) is 11.3 Å². The number of esters is 1. The number of carbonyl (C=O) groups is 2. The fraction of sp³-hybridized carbons (Fsp3) is 0.500. The molecule has 5 heteroatoms. The Morgan fingerprint density at radius 3 is 2.92 bits per heavy atom. The van der Waals surface area contributed by atoms with Gasteiger partial charge in [0.25, 0.3) is 0 Å². The SMILES string of the molecule is C=C(C)C(=O)OCN1CCOC1=O. The quantitative estimate of drug-likeness (QED) is 0.475. The lowest BCUT2D eigenvalue weighted by molar-refractivity contribution is -0.142. The molecule has 0 atom stereocenters. The molecule has 1 heterocycles. The van der Waals surface area contributed by atoms with Crippen molar-refractivity contribution in [3.8, 4) is 0 Å². The highest BCUT2D eigenvalue weighted by molar-refractivity contribution is 5.87. The molecule has 1 aliphatic rings. The van der Waals surface area contributed by atoms with Crippen LogP contribution in [0, 0.1) is 0 Å². The lowest BCUT2D eigenvalue weighted by Gasteiger charge is -2.12. The van der Waals surface area contributed by atoms with Crippen molar-refractivity contribution < 1.29 is 19.1 Å². The van der Waals surface area contributed by atoms with E-state index in [1.54, 1.807) is 6.92 Å². The third-order valence-electron chi connectivity index (χ3n) is 1.54. The van der Waals surface area contributed by atoms with Gasteiger partial charge in [0.1, 0.15) is 6.61 Å². The van der Waals surface area contributed by atoms with Gasteiger partial charge >= 0.3 is 12.1 Å². The first-order valence-corrected chi connectivity index (χ1v) is 3.85. The van der Waals surface area contributed by atoms with Crippen molar-refractivity contribution in [3.05, 3.63) is 12.2 Å². The molecule has 1 amide bonds. The molecule has 0 aromatic heterocycles. The van der Waals surface area contributed by atoms with E-state index in [0.717, 1.165) is 0 Å². The van der Waals surface area contributed by atoms with Crippen molar-refractivity contribution in [2.75, 3.05) is 19.9 Å². The fourth-order valence-electron chi connectivity index (χ4n) is 0.803. The molecule has 0 aromatic rings. The van der Waals surface area contributed by atoms with Gasteiger partial charge in [-0.1, -0.05) is 6.58 Å². The second-order valence-electron chi connectivity index (χ2n) is 2.72. The zero-order chi connectivity index (χ0) is 9.84. The van der Waals surface area contributed by atoms with Crippen molar-refractivity contribution in [3.63, 3.8) is 0 Å². The van der Waals surface area contributed by atoms with E-state index in [0.29, 0.717) is 18.7 Å². The van der Waals surface area contributed by atoms with Crippen LogP contribution >= 0.6 is 0 Å². The molecule has 5 nitrogen and oxygen atoms in total. The standard InChI is InChI=1S/C8H11NO4/c1-6(2)7(10)13-5-9-3-4-12-8(9)11/h1,3-5H2,2H3. The average Bonchev–Trinajstić information content (AvgIpc) is 2.47. The zero-order valence-corrected chi connectivity index (χ0v) is 7.41. The molecule has 0 aromatic carbocycles. The Labute approximate surface area is 75.9 Å². The molecule has 1 rings (SSSR count). The topological polar surface area (TPSA) is 55.8 Å². The molecule has 1 aliphatic heterocycles. The fourth-order valence-corrected chi connectivity index (χ4v) is 0.803. The van der Waals surface area contributed by atoms with E-state index in [4.69, 9.17) is 4.74 Å². The van der Waals surface area contributed by atoms with Gasteiger partial charge < -0.3 is 9.47 Å². The summed E-state index contributed by atoms with van der Waals surface area (Å²) in [5.41, 5.74) is 0.313. The van der Waals surface area contributed by atoms with Gasteiger partial charge in [0.15, 0.2) is 6.73 Å². The molecule has 0 aliphatic carbocycles. The van der Waals surface area contributed by atoms with Crippen molar-refractivity contribution in [2.45, 2.75) is 6.92 Å². The molecular weight excluding hydrogens is 174 g/mol. The van der Waals surface area contributed by atoms with E-state index < -0.39 is 12.1 Å². The Hall–Kier alpha value is -1.52. The summed E-state index contributed by atoms with van der Waals surface area (Å²) in [6.07, 6.45) is -0.450. The molecule has 0 unspecified atom stereocenters. The first kappa shape index (κ1) is 9.57. The maximum absolute atomic E-state index is 10.9. The van der Waals surface area contributed by atoms with Crippen LogP contribution in [0.5, 0.6) is 0 Å². The summed E-state index contributed by atoms with van der Waals surface area (Å²) in [6.45, 7) is 5.70. The maximum Gasteiger partial charge on any atom is 0.412 e. The normalized spacial score (nSPS) is 15.5. The van der Waals surface area contributed by atoms with Crippen molar-refractivity contribution >= 4 is 12.1 Å². The van der Waals surface area contributed by atoms with Gasteiger partial charge in [-0.25, -0.2) is 9.59 Å². The van der Waals surface area contributed by atoms with Crippen LogP contribution in [0.25, 0.3) is 0 Å². The molecule has 0 radical (unpaired) electrons. The Balaban J connectivity index is 2.30. The van der Waals surface area contributed by atoms with Gasteiger partial charge in [-0.3, -0.25) is 4.90 Å². The minimum Gasteiger partial charge on any atom is -0.447 e. The summed E-state index contributed by atoms with van der Waals surface area (Å²) < 4.78 is 9.38. The average molecular weight is 185 g/mol. The van der Waals surface area contributed by atoms with Crippen LogP contribution < -0.4 is 0 Å². The number of hydrogen-bond acceptors (Lipinski definition) is 4. The van der Waals surface area contributed by atoms with Gasteiger partial charge in [-0.05, 0) is 6.92 Å². The first-order chi connectivity index (χ1) is 6.11. The van der Waals surface area contributed by atoms with E-state index >= 15 is 0 Å². The van der Waals surface area contributed by atoms with Crippen LogP contribution in [-0.2, 0) is 14.3 Å². The molecule has 0 saturated carbocycles. The Morgan fingerprint density at radius 2 is 2.46 bits per heavy atom. The third kappa shape index (κ3) is 2.47. The van der Waals surface area contributed by atoms with E-state index in [1.165, 1.54) is 4.90 Å². The van der Waals surface area contributed by atoms with Crippen LogP contribution in [0.15, 0.2) is 12.2 Å². The highest BCUT2D eigenvalue weighted by Crippen LogP contribution is 2.03. The van der Waals surface area contributed by atoms with Gasteiger partial charge in [-0.2, -0.15) is 0 Å². The van der Waals surface area contributed by atoms with E-state index in [1.807, 2.05) is 0 Å². The van der Waals surface area contributed by atoms with Gasteiger partial charge in [0.2, 0.25) is 0 Å². The van der Waals surface area contributed by atoms with Crippen LogP contribution in [0.1, 0.15) is 6.92 Å². The number of cyclic esters (lactones) is 1. The summed E-state index contributed by atoms with van der Waals surface area (Å²) in [5, 5.41) is 0. The summed E-state index contributed by atoms with van der Waals surface area (Å²) >= 11 is 0. The number of amides is 1. The minimum absolute atomic E-state index is 0.0650. The lowest BCUT2D eigenvalue weighted by Crippen LogP contribution is -2.28. The van der Waals surface area contributed by atoms with E-state index in [-0.39, 0.29) is 6.73 Å². The van der Waals surface area contributed by atoms with Gasteiger partial charge in [0.05, 0.1) is 6.54 Å². The number of ether oxygens (including phenoxy) is 2. The Morgan fingerprint density at radius 1 is 1.77 bits per heavy atom. The maximum atomic E-state index is 10.9. The third-order valence-corrected chi connectivity index (χ3v) is 1.54. The molecule has 1 saturated heterocycles. The second-order valence-corrected chi connectivity index (χ2v) is 2.72. The Bertz CT molecular complexity index is 249. The summed E-state index contributed by atoms with van der Waals surface area (Å²) in [5.74, 6) is -0.500. The Kier molecular flexibility index (Phi) is 2.89. The predicted octanol–water partition coefficient (Wildman–Crippen LogP) is 0.515. The molecule has 72 valence electrons. The molecule has 0 bridgehead atoms. The molecule has 0 spiro atoms. The van der Waals surface area contributed by atoms with E-state index in [9.17, 15) is 9.59 Å². The number of nitrogens with zero attached hydrogens (tertiary/aromatic N) is 1. The zero-order valence-electron chi connectivity index (χ0n) is 7.41. The lowest BCUT2D eigenvalue weighted by atomic mass is 10.4. The van der Waals surface area contributed by atoms with Crippen molar-refractivity contribution in [1.29, 1.82) is 0 Å². The van der Waals surface area contributed by atoms with Gasteiger partial charge in [0, 0.05) is 5.57 Å². The molecule has 13 heavy (non-hydrogen) atoms. The van der Waals surface area contributed by atoms with Crippen molar-refractivity contribution in [2.24, 2.45) is 0 Å². The smallest absolute Gasteiger partial charge is 0.412 e. The van der Waals surface area contributed by atoms with Crippen LogP contribution in [-0.4, -0.2) is 36.8 Å². The van der Waals surface area contributed by atoms with Crippen molar-refractivity contribution in [1.82, 2.24) is 4.90 Å². The van der Waals surface area contributed by atoms with Crippen LogP contribution in [0.2, 0.25) is 0 Å². The summed E-state index contributed by atoms with van der Waals surface area (Å²) in [7, 11) is 0. The number of hydrogen-bond donors (Lipinski definition) is 0. The molecule has 0 N–H and O–H groups in total. The van der Waals surface area contributed by atoms with Crippen LogP contribution in [0.3, 0.4) is 0 Å². The largest absolute Gasteiger partial charge is 0.447 e. The molecule has 1 fully saturated rings. The highest BCUT2D eigenvalue weighted by atomic mass is 16.6.